The molecule has 0 bridgehead atoms. The van der Waals surface area contributed by atoms with E-state index in [1.165, 1.54) is 0 Å². The summed E-state index contributed by atoms with van der Waals surface area (Å²) in [5, 5.41) is 14.4. The molecule has 4 rings (SSSR count). The van der Waals surface area contributed by atoms with E-state index in [4.69, 9.17) is 23.8 Å². The molecule has 156 valence electrons. The Morgan fingerprint density at radius 1 is 1.17 bits per heavy atom. The first-order chi connectivity index (χ1) is 14.4. The van der Waals surface area contributed by atoms with Crippen LogP contribution < -0.4 is 5.32 Å². The highest BCUT2D eigenvalue weighted by molar-refractivity contribution is 7.80. The number of benzene rings is 1. The molecular formula is C23H25ClN4OS. The van der Waals surface area contributed by atoms with Crippen LogP contribution in [0.2, 0.25) is 5.02 Å². The third-order valence-corrected chi connectivity index (χ3v) is 6.33. The predicted octanol–water partition coefficient (Wildman–Crippen LogP) is 4.42. The summed E-state index contributed by atoms with van der Waals surface area (Å²) >= 11 is 11.9. The summed E-state index contributed by atoms with van der Waals surface area (Å²) in [4.78, 5) is 6.63. The lowest BCUT2D eigenvalue weighted by Crippen LogP contribution is -2.32. The maximum Gasteiger partial charge on any atom is 0.170 e. The molecule has 7 heteroatoms. The van der Waals surface area contributed by atoms with Crippen LogP contribution in [-0.2, 0) is 0 Å². The molecule has 5 nitrogen and oxygen atoms in total. The Hall–Kier alpha value is -2.41. The number of aromatic nitrogens is 2. The van der Waals surface area contributed by atoms with Crippen LogP contribution in [0.4, 0.5) is 0 Å². The van der Waals surface area contributed by atoms with Gasteiger partial charge in [-0.15, -0.1) is 0 Å². The highest BCUT2D eigenvalue weighted by Crippen LogP contribution is 2.41. The molecule has 2 N–H and O–H groups in total. The van der Waals surface area contributed by atoms with Gasteiger partial charge in [-0.3, -0.25) is 4.98 Å². The number of rotatable bonds is 5. The lowest BCUT2D eigenvalue weighted by Gasteiger charge is -2.27. The molecule has 2 atom stereocenters. The van der Waals surface area contributed by atoms with Crippen molar-refractivity contribution in [1.82, 2.24) is 19.8 Å². The number of pyridine rings is 1. The van der Waals surface area contributed by atoms with Crippen molar-refractivity contribution in [2.45, 2.75) is 32.9 Å². The first kappa shape index (κ1) is 20.8. The summed E-state index contributed by atoms with van der Waals surface area (Å²) < 4.78 is 2.24. The van der Waals surface area contributed by atoms with Crippen LogP contribution in [0.5, 0.6) is 0 Å². The lowest BCUT2D eigenvalue weighted by atomic mass is 9.97. The lowest BCUT2D eigenvalue weighted by molar-refractivity contribution is 0.223. The highest BCUT2D eigenvalue weighted by atomic mass is 35.5. The molecule has 1 saturated heterocycles. The van der Waals surface area contributed by atoms with E-state index in [0.29, 0.717) is 16.7 Å². The average Bonchev–Trinajstić information content (AvgIpc) is 3.21. The van der Waals surface area contributed by atoms with E-state index in [0.717, 1.165) is 33.9 Å². The van der Waals surface area contributed by atoms with Gasteiger partial charge in [0.1, 0.15) is 0 Å². The predicted molar refractivity (Wildman–Crippen MR) is 124 cm³/mol. The fourth-order valence-corrected chi connectivity index (χ4v) is 4.87. The Morgan fingerprint density at radius 2 is 1.97 bits per heavy atom. The van der Waals surface area contributed by atoms with E-state index in [2.05, 4.69) is 46.6 Å². The van der Waals surface area contributed by atoms with E-state index >= 15 is 0 Å². The van der Waals surface area contributed by atoms with Crippen molar-refractivity contribution in [3.05, 3.63) is 81.9 Å². The van der Waals surface area contributed by atoms with Gasteiger partial charge in [0, 0.05) is 34.8 Å². The molecule has 0 aliphatic carbocycles. The number of β-amino-alcohol motifs (C(OH)–C–C–N with tert-alkyl or cyclic N) is 1. The van der Waals surface area contributed by atoms with Gasteiger partial charge in [0.15, 0.2) is 5.11 Å². The van der Waals surface area contributed by atoms with Crippen LogP contribution in [0.25, 0.3) is 5.69 Å². The van der Waals surface area contributed by atoms with Gasteiger partial charge < -0.3 is 19.9 Å². The van der Waals surface area contributed by atoms with E-state index in [1.54, 1.807) is 6.20 Å². The Balaban J connectivity index is 1.86. The number of nitrogens with zero attached hydrogens (tertiary/aromatic N) is 3. The highest BCUT2D eigenvalue weighted by Gasteiger charge is 2.41. The summed E-state index contributed by atoms with van der Waals surface area (Å²) in [6.45, 7) is 6.80. The maximum atomic E-state index is 9.68. The third-order valence-electron chi connectivity index (χ3n) is 5.74. The normalized spacial score (nSPS) is 18.7. The largest absolute Gasteiger partial charge is 0.395 e. The van der Waals surface area contributed by atoms with Gasteiger partial charge in [-0.25, -0.2) is 0 Å². The van der Waals surface area contributed by atoms with Gasteiger partial charge in [-0.2, -0.15) is 0 Å². The molecule has 0 radical (unpaired) electrons. The minimum atomic E-state index is -0.0975. The molecule has 3 aromatic rings. The monoisotopic (exact) mass is 440 g/mol. The molecule has 3 heterocycles. The third kappa shape index (κ3) is 3.60. The van der Waals surface area contributed by atoms with Gasteiger partial charge in [-0.1, -0.05) is 23.7 Å². The molecule has 0 spiro atoms. The number of aliphatic hydroxyl groups excluding tert-OH is 1. The minimum absolute atomic E-state index is 0.0272. The molecule has 0 amide bonds. The van der Waals surface area contributed by atoms with E-state index in [-0.39, 0.29) is 18.7 Å². The summed E-state index contributed by atoms with van der Waals surface area (Å²) in [5.74, 6) is 0. The topological polar surface area (TPSA) is 53.3 Å². The van der Waals surface area contributed by atoms with Crippen LogP contribution >= 0.6 is 23.8 Å². The van der Waals surface area contributed by atoms with Crippen molar-refractivity contribution in [1.29, 1.82) is 0 Å². The van der Waals surface area contributed by atoms with Gasteiger partial charge >= 0.3 is 0 Å². The number of halogens is 1. The molecule has 0 saturated carbocycles. The molecule has 1 aliphatic rings. The standard InChI is InChI=1S/C23H25ClN4OS/c1-14-7-8-17(24)13-20(14)28-15(2)12-18(16(28)3)22-21(19-6-4-5-9-25-19)26-23(30)27(22)10-11-29/h4-9,12-13,21-22,29H,10-11H2,1-3H3,(H,26,30)/t21-,22-/m0/s1. The number of hydrogen-bond donors (Lipinski definition) is 2. The number of aliphatic hydroxyl groups is 1. The molecular weight excluding hydrogens is 416 g/mol. The van der Waals surface area contributed by atoms with Crippen molar-refractivity contribution in [3.63, 3.8) is 0 Å². The Labute approximate surface area is 187 Å². The number of hydrogen-bond acceptors (Lipinski definition) is 3. The second kappa shape index (κ2) is 8.38. The summed E-state index contributed by atoms with van der Waals surface area (Å²) in [7, 11) is 0. The van der Waals surface area contributed by atoms with E-state index in [1.807, 2.05) is 36.4 Å². The Bertz CT molecular complexity index is 1080. The van der Waals surface area contributed by atoms with Gasteiger partial charge in [0.25, 0.3) is 0 Å². The fourth-order valence-electron chi connectivity index (χ4n) is 4.37. The maximum absolute atomic E-state index is 9.68. The van der Waals surface area contributed by atoms with Crippen LogP contribution in [0.3, 0.4) is 0 Å². The molecule has 1 aromatic carbocycles. The van der Waals surface area contributed by atoms with E-state index in [9.17, 15) is 5.11 Å². The molecule has 1 fully saturated rings. The van der Waals surface area contributed by atoms with E-state index < -0.39 is 0 Å². The molecule has 2 aromatic heterocycles. The van der Waals surface area contributed by atoms with Crippen molar-refractivity contribution < 1.29 is 5.11 Å². The zero-order valence-electron chi connectivity index (χ0n) is 17.3. The molecule has 0 unspecified atom stereocenters. The minimum Gasteiger partial charge on any atom is -0.395 e. The van der Waals surface area contributed by atoms with Crippen molar-refractivity contribution in [2.75, 3.05) is 13.2 Å². The van der Waals surface area contributed by atoms with Gasteiger partial charge in [0.05, 0.1) is 24.4 Å². The number of nitrogens with one attached hydrogen (secondary N) is 1. The second-order valence-corrected chi connectivity index (χ2v) is 8.46. The summed E-state index contributed by atoms with van der Waals surface area (Å²) in [6, 6.07) is 13.9. The zero-order chi connectivity index (χ0) is 21.4. The van der Waals surface area contributed by atoms with Crippen LogP contribution in [-0.4, -0.2) is 37.8 Å². The second-order valence-electron chi connectivity index (χ2n) is 7.64. The van der Waals surface area contributed by atoms with Crippen LogP contribution in [0.1, 0.15) is 40.3 Å². The Morgan fingerprint density at radius 3 is 2.67 bits per heavy atom. The summed E-state index contributed by atoms with van der Waals surface area (Å²) in [6.07, 6.45) is 1.80. The first-order valence-electron chi connectivity index (χ1n) is 9.96. The van der Waals surface area contributed by atoms with Gasteiger partial charge in [0.2, 0.25) is 0 Å². The van der Waals surface area contributed by atoms with Crippen molar-refractivity contribution in [3.8, 4) is 5.69 Å². The molecule has 30 heavy (non-hydrogen) atoms. The molecule has 1 aliphatic heterocycles. The van der Waals surface area contributed by atoms with Crippen LogP contribution in [0, 0.1) is 20.8 Å². The van der Waals surface area contributed by atoms with Gasteiger partial charge in [-0.05, 0) is 74.4 Å². The summed E-state index contributed by atoms with van der Waals surface area (Å²) in [5.41, 5.74) is 6.55. The number of thiocarbonyl (C=S) groups is 1. The fraction of sp³-hybridized carbons (Fsp3) is 0.304. The zero-order valence-corrected chi connectivity index (χ0v) is 18.8. The number of aryl methyl sites for hydroxylation is 2. The SMILES string of the molecule is Cc1ccc(Cl)cc1-n1c(C)cc([C@H]2[C@H](c3ccccn3)NC(=S)N2CCO)c1C. The Kier molecular flexibility index (Phi) is 5.82. The average molecular weight is 441 g/mol. The van der Waals surface area contributed by atoms with Crippen molar-refractivity contribution >= 4 is 28.9 Å². The smallest absolute Gasteiger partial charge is 0.170 e. The van der Waals surface area contributed by atoms with Crippen LogP contribution in [0.15, 0.2) is 48.7 Å². The van der Waals surface area contributed by atoms with Crippen molar-refractivity contribution in [2.24, 2.45) is 0 Å². The quantitative estimate of drug-likeness (QED) is 0.575. The first-order valence-corrected chi connectivity index (χ1v) is 10.7.